The predicted molar refractivity (Wildman–Crippen MR) is 80.4 cm³/mol. The van der Waals surface area contributed by atoms with Crippen LogP contribution in [0.2, 0.25) is 0 Å². The lowest BCUT2D eigenvalue weighted by atomic mass is 9.84. The van der Waals surface area contributed by atoms with Gasteiger partial charge in [0, 0.05) is 19.6 Å². The number of nitrogens with zero attached hydrogens (tertiary/aromatic N) is 1. The molecule has 0 N–H and O–H groups in total. The molecule has 3 nitrogen and oxygen atoms in total. The van der Waals surface area contributed by atoms with Crippen molar-refractivity contribution in [1.82, 2.24) is 4.90 Å². The molecule has 1 aromatic carbocycles. The summed E-state index contributed by atoms with van der Waals surface area (Å²) in [6.45, 7) is 2.88. The summed E-state index contributed by atoms with van der Waals surface area (Å²) >= 11 is 0. The molecule has 0 aromatic heterocycles. The average Bonchev–Trinajstić information content (AvgIpc) is 2.79. The molecule has 0 atom stereocenters. The molecule has 2 saturated heterocycles. The Morgan fingerprint density at radius 3 is 2.05 bits per heavy atom. The second-order valence-electron chi connectivity index (χ2n) is 6.28. The predicted octanol–water partition coefficient (Wildman–Crippen LogP) is 2.58. The highest BCUT2D eigenvalue weighted by Crippen LogP contribution is 2.33. The molecule has 1 aromatic rings. The third kappa shape index (κ3) is 3.23. The minimum Gasteiger partial charge on any atom is -0.302 e. The van der Waals surface area contributed by atoms with E-state index in [1.54, 1.807) is 24.3 Å². The maximum atomic E-state index is 12.3. The van der Waals surface area contributed by atoms with Crippen LogP contribution in [0, 0.1) is 11.8 Å². The summed E-state index contributed by atoms with van der Waals surface area (Å²) in [5.74, 6) is 1.84. The van der Waals surface area contributed by atoms with Crippen LogP contribution in [-0.4, -0.2) is 38.7 Å². The lowest BCUT2D eigenvalue weighted by Gasteiger charge is -2.22. The van der Waals surface area contributed by atoms with Crippen LogP contribution >= 0.6 is 0 Å². The van der Waals surface area contributed by atoms with Gasteiger partial charge in [-0.1, -0.05) is 18.2 Å². The summed E-state index contributed by atoms with van der Waals surface area (Å²) in [7, 11) is -3.13. The monoisotopic (exact) mass is 293 g/mol. The number of benzene rings is 1. The molecule has 2 bridgehead atoms. The highest BCUT2D eigenvalue weighted by Gasteiger charge is 2.29. The minimum absolute atomic E-state index is 0.246. The van der Waals surface area contributed by atoms with E-state index in [0.29, 0.717) is 11.4 Å². The Bertz CT molecular complexity index is 519. The fraction of sp³-hybridized carbons (Fsp3) is 0.625. The van der Waals surface area contributed by atoms with E-state index >= 15 is 0 Å². The Morgan fingerprint density at radius 1 is 0.950 bits per heavy atom. The van der Waals surface area contributed by atoms with Gasteiger partial charge in [-0.25, -0.2) is 8.42 Å². The second-order valence-corrected chi connectivity index (χ2v) is 8.39. The normalized spacial score (nSPS) is 27.4. The molecular formula is C16H23NO2S. The molecule has 20 heavy (non-hydrogen) atoms. The van der Waals surface area contributed by atoms with Crippen molar-refractivity contribution in [2.75, 3.05) is 25.4 Å². The molecule has 4 heteroatoms. The first-order valence-electron chi connectivity index (χ1n) is 7.63. The first-order chi connectivity index (χ1) is 9.63. The van der Waals surface area contributed by atoms with Crippen LogP contribution < -0.4 is 0 Å². The van der Waals surface area contributed by atoms with E-state index in [9.17, 15) is 8.42 Å². The fourth-order valence-corrected chi connectivity index (χ4v) is 4.89. The standard InChI is InChI=1S/C16H23NO2S/c18-20(19,16-4-2-1-3-5-16)11-10-17-12-14-6-7-15(13-17)9-8-14/h1-5,14-15H,6-13H2. The van der Waals surface area contributed by atoms with Gasteiger partial charge in [0.15, 0.2) is 9.84 Å². The van der Waals surface area contributed by atoms with Crippen molar-refractivity contribution in [2.24, 2.45) is 11.8 Å². The quantitative estimate of drug-likeness (QED) is 0.856. The summed E-state index contributed by atoms with van der Waals surface area (Å²) in [4.78, 5) is 2.84. The van der Waals surface area contributed by atoms with Gasteiger partial charge in [-0.05, 0) is 49.7 Å². The molecular weight excluding hydrogens is 270 g/mol. The van der Waals surface area contributed by atoms with Crippen LogP contribution in [0.4, 0.5) is 0 Å². The molecule has 3 aliphatic rings. The van der Waals surface area contributed by atoms with E-state index in [1.807, 2.05) is 6.07 Å². The van der Waals surface area contributed by atoms with Crippen molar-refractivity contribution < 1.29 is 8.42 Å². The van der Waals surface area contributed by atoms with E-state index in [-0.39, 0.29) is 5.75 Å². The van der Waals surface area contributed by atoms with Gasteiger partial charge in [-0.3, -0.25) is 0 Å². The van der Waals surface area contributed by atoms with Crippen molar-refractivity contribution in [3.05, 3.63) is 30.3 Å². The van der Waals surface area contributed by atoms with Gasteiger partial charge in [-0.15, -0.1) is 0 Å². The summed E-state index contributed by atoms with van der Waals surface area (Å²) in [5.41, 5.74) is 0. The Labute approximate surface area is 121 Å². The van der Waals surface area contributed by atoms with Crippen molar-refractivity contribution in [3.8, 4) is 0 Å². The molecule has 2 aliphatic heterocycles. The van der Waals surface area contributed by atoms with Gasteiger partial charge < -0.3 is 4.90 Å². The molecule has 0 unspecified atom stereocenters. The van der Waals surface area contributed by atoms with Crippen LogP contribution in [0.5, 0.6) is 0 Å². The van der Waals surface area contributed by atoms with Crippen LogP contribution in [0.3, 0.4) is 0 Å². The van der Waals surface area contributed by atoms with Crippen LogP contribution in [0.15, 0.2) is 35.2 Å². The molecule has 0 radical (unpaired) electrons. The second kappa shape index (κ2) is 5.86. The van der Waals surface area contributed by atoms with E-state index in [0.717, 1.165) is 24.9 Å². The van der Waals surface area contributed by atoms with Gasteiger partial charge in [0.1, 0.15) is 0 Å². The Hall–Kier alpha value is -0.870. The lowest BCUT2D eigenvalue weighted by molar-refractivity contribution is 0.266. The Morgan fingerprint density at radius 2 is 1.50 bits per heavy atom. The Balaban J connectivity index is 1.62. The molecule has 2 heterocycles. The van der Waals surface area contributed by atoms with E-state index < -0.39 is 9.84 Å². The first kappa shape index (κ1) is 14.1. The zero-order chi connectivity index (χ0) is 14.0. The maximum absolute atomic E-state index is 12.3. The largest absolute Gasteiger partial charge is 0.302 e. The SMILES string of the molecule is O=S(=O)(CCN1CC2CCC(CC2)C1)c1ccccc1. The minimum atomic E-state index is -3.13. The number of fused-ring (bicyclic) bond motifs is 4. The van der Waals surface area contributed by atoms with E-state index in [2.05, 4.69) is 4.90 Å². The van der Waals surface area contributed by atoms with Crippen LogP contribution in [0.25, 0.3) is 0 Å². The topological polar surface area (TPSA) is 37.4 Å². The van der Waals surface area contributed by atoms with Crippen LogP contribution in [-0.2, 0) is 9.84 Å². The lowest BCUT2D eigenvalue weighted by Crippen LogP contribution is -2.33. The maximum Gasteiger partial charge on any atom is 0.179 e. The van der Waals surface area contributed by atoms with Gasteiger partial charge in [0.2, 0.25) is 0 Å². The highest BCUT2D eigenvalue weighted by atomic mass is 32.2. The third-order valence-electron chi connectivity index (χ3n) is 4.78. The summed E-state index contributed by atoms with van der Waals surface area (Å²) in [5, 5.41) is 0. The highest BCUT2D eigenvalue weighted by molar-refractivity contribution is 7.91. The first-order valence-corrected chi connectivity index (χ1v) is 9.29. The van der Waals surface area contributed by atoms with Crippen LogP contribution in [0.1, 0.15) is 25.7 Å². The van der Waals surface area contributed by atoms with Crippen molar-refractivity contribution in [2.45, 2.75) is 30.6 Å². The van der Waals surface area contributed by atoms with E-state index in [1.165, 1.54) is 25.7 Å². The summed E-state index contributed by atoms with van der Waals surface area (Å²) in [6, 6.07) is 8.83. The molecule has 110 valence electrons. The van der Waals surface area contributed by atoms with Gasteiger partial charge in [0.25, 0.3) is 0 Å². The number of sulfone groups is 1. The zero-order valence-electron chi connectivity index (χ0n) is 11.9. The van der Waals surface area contributed by atoms with Crippen molar-refractivity contribution in [1.29, 1.82) is 0 Å². The number of rotatable bonds is 4. The average molecular weight is 293 g/mol. The number of hydrogen-bond acceptors (Lipinski definition) is 3. The number of hydrogen-bond donors (Lipinski definition) is 0. The molecule has 0 spiro atoms. The summed E-state index contributed by atoms with van der Waals surface area (Å²) < 4.78 is 24.6. The molecule has 3 fully saturated rings. The van der Waals surface area contributed by atoms with Gasteiger partial charge >= 0.3 is 0 Å². The fourth-order valence-electron chi connectivity index (χ4n) is 3.58. The van der Waals surface area contributed by atoms with Gasteiger partial charge in [0.05, 0.1) is 10.6 Å². The molecule has 1 saturated carbocycles. The molecule has 1 aliphatic carbocycles. The molecule has 4 rings (SSSR count). The van der Waals surface area contributed by atoms with Crippen molar-refractivity contribution in [3.63, 3.8) is 0 Å². The molecule has 0 amide bonds. The zero-order valence-corrected chi connectivity index (χ0v) is 12.7. The Kier molecular flexibility index (Phi) is 4.13. The summed E-state index contributed by atoms with van der Waals surface area (Å²) in [6.07, 6.45) is 5.36. The van der Waals surface area contributed by atoms with Crippen molar-refractivity contribution >= 4 is 9.84 Å². The van der Waals surface area contributed by atoms with Gasteiger partial charge in [-0.2, -0.15) is 0 Å². The smallest absolute Gasteiger partial charge is 0.179 e. The van der Waals surface area contributed by atoms with E-state index in [4.69, 9.17) is 0 Å². The third-order valence-corrected chi connectivity index (χ3v) is 6.49.